The van der Waals surface area contributed by atoms with E-state index in [1.54, 1.807) is 18.7 Å². The van der Waals surface area contributed by atoms with Gasteiger partial charge in [-0.15, -0.1) is 0 Å². The summed E-state index contributed by atoms with van der Waals surface area (Å²) in [5.41, 5.74) is 4.61. The van der Waals surface area contributed by atoms with Crippen molar-refractivity contribution in [2.45, 2.75) is 12.6 Å². The molecule has 0 saturated heterocycles. The molecule has 4 nitrogen and oxygen atoms in total. The molecule has 0 saturated carbocycles. The lowest BCUT2D eigenvalue weighted by Crippen LogP contribution is -2.09. The van der Waals surface area contributed by atoms with Crippen LogP contribution in [0.2, 0.25) is 0 Å². The van der Waals surface area contributed by atoms with Gasteiger partial charge in [0.2, 0.25) is 0 Å². The van der Waals surface area contributed by atoms with Crippen LogP contribution in [0, 0.1) is 0 Å². The molecule has 0 bridgehead atoms. The SMILES string of the molecule is OC(c1ccc(-c2ccccc2)nc1)c1cncn1Cc1ccccc1. The molecule has 0 radical (unpaired) electrons. The highest BCUT2D eigenvalue weighted by Crippen LogP contribution is 2.24. The Hall–Kier alpha value is -3.24. The van der Waals surface area contributed by atoms with E-state index in [0.717, 1.165) is 28.1 Å². The molecule has 0 aliphatic heterocycles. The molecule has 4 heteroatoms. The van der Waals surface area contributed by atoms with E-state index >= 15 is 0 Å². The van der Waals surface area contributed by atoms with E-state index < -0.39 is 6.10 Å². The third-order valence-electron chi connectivity index (χ3n) is 4.39. The van der Waals surface area contributed by atoms with Crippen LogP contribution in [0.3, 0.4) is 0 Å². The first kappa shape index (κ1) is 16.2. The fourth-order valence-corrected chi connectivity index (χ4v) is 2.99. The summed E-state index contributed by atoms with van der Waals surface area (Å²) in [5, 5.41) is 10.8. The van der Waals surface area contributed by atoms with Crippen LogP contribution in [0.4, 0.5) is 0 Å². The van der Waals surface area contributed by atoms with Gasteiger partial charge in [0.05, 0.1) is 23.9 Å². The second kappa shape index (κ2) is 7.33. The zero-order valence-corrected chi connectivity index (χ0v) is 14.2. The number of nitrogens with zero attached hydrogens (tertiary/aromatic N) is 3. The monoisotopic (exact) mass is 341 g/mol. The molecular weight excluding hydrogens is 322 g/mol. The second-order valence-electron chi connectivity index (χ2n) is 6.18. The highest BCUT2D eigenvalue weighted by Gasteiger charge is 2.16. The molecule has 0 aliphatic carbocycles. The van der Waals surface area contributed by atoms with E-state index in [1.165, 1.54) is 0 Å². The summed E-state index contributed by atoms with van der Waals surface area (Å²) < 4.78 is 1.96. The van der Waals surface area contributed by atoms with Gasteiger partial charge in [-0.1, -0.05) is 66.7 Å². The van der Waals surface area contributed by atoms with E-state index in [0.29, 0.717) is 6.54 Å². The van der Waals surface area contributed by atoms with Crippen molar-refractivity contribution in [2.75, 3.05) is 0 Å². The molecule has 1 atom stereocenters. The van der Waals surface area contributed by atoms with Gasteiger partial charge < -0.3 is 9.67 Å². The lowest BCUT2D eigenvalue weighted by atomic mass is 10.1. The summed E-state index contributed by atoms with van der Waals surface area (Å²) in [5.74, 6) is 0. The minimum atomic E-state index is -0.765. The molecule has 128 valence electrons. The summed E-state index contributed by atoms with van der Waals surface area (Å²) in [6.45, 7) is 0.669. The first-order valence-electron chi connectivity index (χ1n) is 8.54. The Morgan fingerprint density at radius 2 is 1.58 bits per heavy atom. The third kappa shape index (κ3) is 3.41. The molecule has 0 fully saturated rings. The molecule has 2 heterocycles. The molecule has 1 N–H and O–H groups in total. The predicted octanol–water partition coefficient (Wildman–Crippen LogP) is 4.08. The largest absolute Gasteiger partial charge is 0.382 e. The zero-order chi connectivity index (χ0) is 17.8. The van der Waals surface area contributed by atoms with Crippen molar-refractivity contribution < 1.29 is 5.11 Å². The molecule has 4 aromatic rings. The lowest BCUT2D eigenvalue weighted by Gasteiger charge is -2.14. The van der Waals surface area contributed by atoms with E-state index in [9.17, 15) is 5.11 Å². The van der Waals surface area contributed by atoms with Crippen molar-refractivity contribution >= 4 is 0 Å². The molecule has 1 unspecified atom stereocenters. The zero-order valence-electron chi connectivity index (χ0n) is 14.2. The van der Waals surface area contributed by atoms with Gasteiger partial charge in [0.25, 0.3) is 0 Å². The highest BCUT2D eigenvalue weighted by atomic mass is 16.3. The maximum absolute atomic E-state index is 10.8. The van der Waals surface area contributed by atoms with E-state index in [4.69, 9.17) is 0 Å². The van der Waals surface area contributed by atoms with Crippen molar-refractivity contribution in [1.82, 2.24) is 14.5 Å². The molecular formula is C22H19N3O. The maximum atomic E-state index is 10.8. The van der Waals surface area contributed by atoms with Crippen LogP contribution in [-0.2, 0) is 6.54 Å². The van der Waals surface area contributed by atoms with E-state index in [1.807, 2.05) is 65.2 Å². The van der Waals surface area contributed by atoms with Gasteiger partial charge in [-0.25, -0.2) is 4.98 Å². The number of aliphatic hydroxyl groups excluding tert-OH is 1. The second-order valence-corrected chi connectivity index (χ2v) is 6.18. The molecule has 2 aromatic carbocycles. The minimum Gasteiger partial charge on any atom is -0.382 e. The van der Waals surface area contributed by atoms with Gasteiger partial charge in [-0.3, -0.25) is 4.98 Å². The van der Waals surface area contributed by atoms with Crippen molar-refractivity contribution in [3.8, 4) is 11.3 Å². The third-order valence-corrected chi connectivity index (χ3v) is 4.39. The quantitative estimate of drug-likeness (QED) is 0.595. The Balaban J connectivity index is 1.57. The van der Waals surface area contributed by atoms with Gasteiger partial charge in [0.1, 0.15) is 6.10 Å². The van der Waals surface area contributed by atoms with Crippen LogP contribution in [0.5, 0.6) is 0 Å². The molecule has 0 spiro atoms. The van der Waals surface area contributed by atoms with E-state index in [-0.39, 0.29) is 0 Å². The average Bonchev–Trinajstić information content (AvgIpc) is 3.17. The number of imidazole rings is 1. The minimum absolute atomic E-state index is 0.669. The lowest BCUT2D eigenvalue weighted by molar-refractivity contribution is 0.210. The number of pyridine rings is 1. The van der Waals surface area contributed by atoms with Gasteiger partial charge >= 0.3 is 0 Å². The summed E-state index contributed by atoms with van der Waals surface area (Å²) in [6.07, 6.45) is 4.42. The van der Waals surface area contributed by atoms with Crippen molar-refractivity contribution in [3.63, 3.8) is 0 Å². The predicted molar refractivity (Wildman–Crippen MR) is 102 cm³/mol. The van der Waals surface area contributed by atoms with Crippen LogP contribution in [0.25, 0.3) is 11.3 Å². The topological polar surface area (TPSA) is 50.9 Å². The molecule has 0 aliphatic rings. The van der Waals surface area contributed by atoms with Crippen LogP contribution in [0.15, 0.2) is 91.5 Å². The molecule has 2 aromatic heterocycles. The molecule has 0 amide bonds. The van der Waals surface area contributed by atoms with Gasteiger partial charge in [0.15, 0.2) is 0 Å². The fourth-order valence-electron chi connectivity index (χ4n) is 2.99. The number of hydrogen-bond donors (Lipinski definition) is 1. The number of aromatic nitrogens is 3. The molecule has 4 rings (SSSR count). The van der Waals surface area contributed by atoms with Crippen molar-refractivity contribution in [1.29, 1.82) is 0 Å². The standard InChI is InChI=1S/C22H19N3O/c26-22(19-11-12-20(24-13-19)18-9-5-2-6-10-18)21-14-23-16-25(21)15-17-7-3-1-4-8-17/h1-14,16,22,26H,15H2. The smallest absolute Gasteiger partial charge is 0.122 e. The Labute approximate surface area is 152 Å². The maximum Gasteiger partial charge on any atom is 0.122 e. The Kier molecular flexibility index (Phi) is 4.58. The fraction of sp³-hybridized carbons (Fsp3) is 0.0909. The highest BCUT2D eigenvalue weighted by molar-refractivity contribution is 5.58. The summed E-state index contributed by atoms with van der Waals surface area (Å²) >= 11 is 0. The average molecular weight is 341 g/mol. The number of hydrogen-bond acceptors (Lipinski definition) is 3. The summed E-state index contributed by atoms with van der Waals surface area (Å²) in [7, 11) is 0. The Morgan fingerprint density at radius 3 is 2.27 bits per heavy atom. The van der Waals surface area contributed by atoms with Gasteiger partial charge in [-0.2, -0.15) is 0 Å². The first-order chi connectivity index (χ1) is 12.8. The van der Waals surface area contributed by atoms with Crippen molar-refractivity contribution in [2.24, 2.45) is 0 Å². The van der Waals surface area contributed by atoms with Gasteiger partial charge in [-0.05, 0) is 11.6 Å². The number of aliphatic hydroxyl groups is 1. The van der Waals surface area contributed by atoms with E-state index in [2.05, 4.69) is 22.1 Å². The van der Waals surface area contributed by atoms with Crippen LogP contribution in [-0.4, -0.2) is 19.6 Å². The van der Waals surface area contributed by atoms with Crippen LogP contribution < -0.4 is 0 Å². The van der Waals surface area contributed by atoms with Crippen LogP contribution >= 0.6 is 0 Å². The number of rotatable bonds is 5. The molecule has 26 heavy (non-hydrogen) atoms. The summed E-state index contributed by atoms with van der Waals surface area (Å²) in [4.78, 5) is 8.72. The summed E-state index contributed by atoms with van der Waals surface area (Å²) in [6, 6.07) is 24.0. The number of benzene rings is 2. The Bertz CT molecular complexity index is 963. The van der Waals surface area contributed by atoms with Crippen molar-refractivity contribution in [3.05, 3.63) is 108 Å². The first-order valence-corrected chi connectivity index (χ1v) is 8.54. The normalized spacial score (nSPS) is 12.0. The Morgan fingerprint density at radius 1 is 0.846 bits per heavy atom. The van der Waals surface area contributed by atoms with Crippen LogP contribution in [0.1, 0.15) is 22.9 Å². The van der Waals surface area contributed by atoms with Gasteiger partial charge in [0, 0.05) is 23.9 Å².